The second-order valence-electron chi connectivity index (χ2n) is 7.99. The van der Waals surface area contributed by atoms with E-state index in [-0.39, 0.29) is 37.0 Å². The number of fused-ring (bicyclic) bond motifs is 1. The lowest BCUT2D eigenvalue weighted by molar-refractivity contribution is 0.0170. The molecule has 3 rings (SSSR count). The molecule has 0 spiro atoms. The maximum absolute atomic E-state index is 12.4. The molecule has 2 aliphatic heterocycles. The summed E-state index contributed by atoms with van der Waals surface area (Å²) in [6, 6.07) is 6.39. The van der Waals surface area contributed by atoms with E-state index >= 15 is 0 Å². The van der Waals surface area contributed by atoms with Gasteiger partial charge in [0.25, 0.3) is 11.8 Å². The predicted octanol–water partition coefficient (Wildman–Crippen LogP) is 1.54. The molecule has 1 saturated heterocycles. The zero-order valence-corrected chi connectivity index (χ0v) is 16.9. The summed E-state index contributed by atoms with van der Waals surface area (Å²) >= 11 is 0. The van der Waals surface area contributed by atoms with E-state index in [1.54, 1.807) is 34.1 Å². The summed E-state index contributed by atoms with van der Waals surface area (Å²) in [7, 11) is 0. The second kappa shape index (κ2) is 8.10. The molecular formula is C20H26N4O5. The van der Waals surface area contributed by atoms with Crippen molar-refractivity contribution >= 4 is 23.9 Å². The average molecular weight is 402 g/mol. The van der Waals surface area contributed by atoms with Gasteiger partial charge in [-0.05, 0) is 32.9 Å². The SMILES string of the molecule is CC(C)(C)OC(=O)N1CCN(C(=O)NCCN2C(=O)c3ccccc3C2=O)CC1. The monoisotopic (exact) mass is 402 g/mol. The number of hydrogen-bond donors (Lipinski definition) is 1. The highest BCUT2D eigenvalue weighted by molar-refractivity contribution is 6.21. The Kier molecular flexibility index (Phi) is 5.76. The molecule has 0 radical (unpaired) electrons. The molecule has 1 aromatic carbocycles. The van der Waals surface area contributed by atoms with E-state index in [9.17, 15) is 19.2 Å². The minimum absolute atomic E-state index is 0.107. The normalized spacial score (nSPS) is 16.7. The fourth-order valence-corrected chi connectivity index (χ4v) is 3.25. The van der Waals surface area contributed by atoms with E-state index in [0.717, 1.165) is 4.90 Å². The molecule has 2 aliphatic rings. The Hall–Kier alpha value is -3.10. The summed E-state index contributed by atoms with van der Waals surface area (Å²) in [5.41, 5.74) is 0.222. The Balaban J connectivity index is 1.43. The van der Waals surface area contributed by atoms with E-state index in [1.165, 1.54) is 0 Å². The average Bonchev–Trinajstić information content (AvgIpc) is 2.92. The van der Waals surface area contributed by atoms with Crippen LogP contribution in [0.2, 0.25) is 0 Å². The summed E-state index contributed by atoms with van der Waals surface area (Å²) in [6.07, 6.45) is -0.386. The zero-order valence-electron chi connectivity index (χ0n) is 16.9. The van der Waals surface area contributed by atoms with Gasteiger partial charge in [0.15, 0.2) is 0 Å². The molecule has 29 heavy (non-hydrogen) atoms. The maximum Gasteiger partial charge on any atom is 0.410 e. The summed E-state index contributed by atoms with van der Waals surface area (Å²) in [4.78, 5) is 53.4. The molecule has 156 valence electrons. The highest BCUT2D eigenvalue weighted by Crippen LogP contribution is 2.21. The van der Waals surface area contributed by atoms with Crippen molar-refractivity contribution in [1.82, 2.24) is 20.0 Å². The lowest BCUT2D eigenvalue weighted by atomic mass is 10.1. The van der Waals surface area contributed by atoms with Crippen LogP contribution in [-0.4, -0.2) is 83.5 Å². The van der Waals surface area contributed by atoms with Crippen LogP contribution in [-0.2, 0) is 4.74 Å². The molecule has 0 aromatic heterocycles. The van der Waals surface area contributed by atoms with Crippen molar-refractivity contribution in [3.8, 4) is 0 Å². The first-order valence-corrected chi connectivity index (χ1v) is 9.63. The topological polar surface area (TPSA) is 99.3 Å². The van der Waals surface area contributed by atoms with E-state index in [2.05, 4.69) is 5.32 Å². The van der Waals surface area contributed by atoms with Crippen LogP contribution >= 0.6 is 0 Å². The van der Waals surface area contributed by atoms with E-state index in [0.29, 0.717) is 37.3 Å². The maximum atomic E-state index is 12.4. The minimum atomic E-state index is -0.560. The van der Waals surface area contributed by atoms with Gasteiger partial charge in [-0.1, -0.05) is 12.1 Å². The van der Waals surface area contributed by atoms with Crippen LogP contribution < -0.4 is 5.32 Å². The van der Waals surface area contributed by atoms with Crippen LogP contribution in [0.4, 0.5) is 9.59 Å². The van der Waals surface area contributed by atoms with Crippen molar-refractivity contribution in [2.75, 3.05) is 39.3 Å². The number of carbonyl (C=O) groups is 4. The summed E-state index contributed by atoms with van der Waals surface area (Å²) in [5, 5.41) is 2.74. The fourth-order valence-electron chi connectivity index (χ4n) is 3.25. The second-order valence-corrected chi connectivity index (χ2v) is 7.99. The molecule has 5 amide bonds. The lowest BCUT2D eigenvalue weighted by Crippen LogP contribution is -2.54. The Morgan fingerprint density at radius 1 is 0.966 bits per heavy atom. The molecule has 0 saturated carbocycles. The first kappa shape index (κ1) is 20.6. The van der Waals surface area contributed by atoms with Gasteiger partial charge >= 0.3 is 12.1 Å². The number of benzene rings is 1. The number of ether oxygens (including phenoxy) is 1. The third-order valence-corrected chi connectivity index (χ3v) is 4.71. The zero-order chi connectivity index (χ0) is 21.2. The number of hydrogen-bond acceptors (Lipinski definition) is 5. The largest absolute Gasteiger partial charge is 0.444 e. The number of imide groups is 1. The summed E-state index contributed by atoms with van der Waals surface area (Å²) < 4.78 is 5.34. The highest BCUT2D eigenvalue weighted by Gasteiger charge is 2.35. The van der Waals surface area contributed by atoms with Gasteiger partial charge in [-0.15, -0.1) is 0 Å². The van der Waals surface area contributed by atoms with Crippen LogP contribution in [0.5, 0.6) is 0 Å². The Bertz CT molecular complexity index is 789. The first-order chi connectivity index (χ1) is 13.7. The van der Waals surface area contributed by atoms with Gasteiger partial charge in [0.05, 0.1) is 11.1 Å². The Morgan fingerprint density at radius 3 is 2.00 bits per heavy atom. The molecule has 0 bridgehead atoms. The highest BCUT2D eigenvalue weighted by atomic mass is 16.6. The number of urea groups is 1. The molecular weight excluding hydrogens is 376 g/mol. The van der Waals surface area contributed by atoms with Gasteiger partial charge in [0.1, 0.15) is 5.60 Å². The number of amides is 5. The molecule has 0 atom stereocenters. The molecule has 0 aliphatic carbocycles. The Morgan fingerprint density at radius 2 is 1.48 bits per heavy atom. The first-order valence-electron chi connectivity index (χ1n) is 9.63. The predicted molar refractivity (Wildman–Crippen MR) is 105 cm³/mol. The van der Waals surface area contributed by atoms with Crippen molar-refractivity contribution in [2.45, 2.75) is 26.4 Å². The Labute approximate surface area is 169 Å². The standard InChI is InChI=1S/C20H26N4O5/c1-20(2,3)29-19(28)23-12-10-22(11-13-23)18(27)21-8-9-24-16(25)14-6-4-5-7-15(14)17(24)26/h4-7H,8-13H2,1-3H3,(H,21,27). The van der Waals surface area contributed by atoms with Crippen LogP contribution in [0.3, 0.4) is 0 Å². The molecule has 1 fully saturated rings. The smallest absolute Gasteiger partial charge is 0.410 e. The summed E-state index contributed by atoms with van der Waals surface area (Å²) in [6.45, 7) is 7.25. The van der Waals surface area contributed by atoms with Gasteiger partial charge in [0.2, 0.25) is 0 Å². The number of nitrogens with one attached hydrogen (secondary N) is 1. The molecule has 1 aromatic rings. The van der Waals surface area contributed by atoms with Crippen molar-refractivity contribution in [1.29, 1.82) is 0 Å². The molecule has 1 N–H and O–H groups in total. The third-order valence-electron chi connectivity index (χ3n) is 4.71. The quantitative estimate of drug-likeness (QED) is 0.774. The summed E-state index contributed by atoms with van der Waals surface area (Å²) in [5.74, 6) is -0.684. The van der Waals surface area contributed by atoms with Crippen molar-refractivity contribution < 1.29 is 23.9 Å². The van der Waals surface area contributed by atoms with E-state index < -0.39 is 5.60 Å². The number of rotatable bonds is 3. The number of carbonyl (C=O) groups excluding carboxylic acids is 4. The molecule has 9 heteroatoms. The fraction of sp³-hybridized carbons (Fsp3) is 0.500. The van der Waals surface area contributed by atoms with Crippen molar-refractivity contribution in [3.63, 3.8) is 0 Å². The van der Waals surface area contributed by atoms with Crippen LogP contribution in [0.1, 0.15) is 41.5 Å². The van der Waals surface area contributed by atoms with E-state index in [4.69, 9.17) is 4.74 Å². The van der Waals surface area contributed by atoms with Crippen LogP contribution in [0.15, 0.2) is 24.3 Å². The van der Waals surface area contributed by atoms with Crippen LogP contribution in [0, 0.1) is 0 Å². The van der Waals surface area contributed by atoms with Gasteiger partial charge in [-0.2, -0.15) is 0 Å². The van der Waals surface area contributed by atoms with Gasteiger partial charge in [-0.25, -0.2) is 9.59 Å². The molecule has 9 nitrogen and oxygen atoms in total. The minimum Gasteiger partial charge on any atom is -0.444 e. The van der Waals surface area contributed by atoms with E-state index in [1.807, 2.05) is 20.8 Å². The lowest BCUT2D eigenvalue weighted by Gasteiger charge is -2.35. The van der Waals surface area contributed by atoms with Crippen molar-refractivity contribution in [3.05, 3.63) is 35.4 Å². The van der Waals surface area contributed by atoms with Gasteiger partial charge < -0.3 is 19.9 Å². The van der Waals surface area contributed by atoms with Gasteiger partial charge in [-0.3, -0.25) is 14.5 Å². The van der Waals surface area contributed by atoms with Crippen LogP contribution in [0.25, 0.3) is 0 Å². The molecule has 0 unspecified atom stereocenters. The van der Waals surface area contributed by atoms with Crippen molar-refractivity contribution in [2.24, 2.45) is 0 Å². The number of piperazine rings is 1. The van der Waals surface area contributed by atoms with Gasteiger partial charge in [0, 0.05) is 39.3 Å². The molecule has 2 heterocycles. The third kappa shape index (κ3) is 4.67. The number of nitrogens with zero attached hydrogens (tertiary/aromatic N) is 3.